The number of hydrogen-bond donors (Lipinski definition) is 0. The Bertz CT molecular complexity index is 1000. The van der Waals surface area contributed by atoms with Crippen LogP contribution in [0.1, 0.15) is 32.6 Å². The van der Waals surface area contributed by atoms with Crippen LogP contribution in [0.25, 0.3) is 17.1 Å². The van der Waals surface area contributed by atoms with Crippen LogP contribution in [-0.4, -0.2) is 32.4 Å². The molecule has 1 aromatic heterocycles. The number of nitrogens with zero attached hydrogens (tertiary/aromatic N) is 3. The highest BCUT2D eigenvalue weighted by Gasteiger charge is 2.27. The first-order chi connectivity index (χ1) is 14.2. The Morgan fingerprint density at radius 3 is 2.66 bits per heavy atom. The normalized spacial score (nSPS) is 16.8. The fourth-order valence-electron chi connectivity index (χ4n) is 3.46. The number of rotatable bonds is 6. The lowest BCUT2D eigenvalue weighted by Gasteiger charge is -2.20. The second-order valence-corrected chi connectivity index (χ2v) is 8.44. The van der Waals surface area contributed by atoms with Crippen molar-refractivity contribution in [2.75, 3.05) is 6.61 Å². The molecule has 1 saturated carbocycles. The minimum Gasteiger partial charge on any atom is -0.494 e. The molecule has 1 aliphatic rings. The first-order valence-electron chi connectivity index (χ1n) is 9.80. The molecule has 150 valence electrons. The third-order valence-electron chi connectivity index (χ3n) is 4.90. The molecule has 0 radical (unpaired) electrons. The molecule has 0 aliphatic heterocycles. The second-order valence-electron chi connectivity index (χ2n) is 6.87. The smallest absolute Gasteiger partial charge is 0.196 e. The van der Waals surface area contributed by atoms with Crippen molar-refractivity contribution in [2.45, 2.75) is 43.0 Å². The van der Waals surface area contributed by atoms with Crippen molar-refractivity contribution >= 4 is 29.1 Å². The summed E-state index contributed by atoms with van der Waals surface area (Å²) < 4.78 is 7.54. The van der Waals surface area contributed by atoms with Crippen LogP contribution in [0.5, 0.6) is 5.75 Å². The van der Waals surface area contributed by atoms with Gasteiger partial charge in [-0.2, -0.15) is 0 Å². The van der Waals surface area contributed by atoms with Crippen LogP contribution in [0.3, 0.4) is 0 Å². The van der Waals surface area contributed by atoms with Gasteiger partial charge >= 0.3 is 0 Å². The van der Waals surface area contributed by atoms with Gasteiger partial charge in [0.05, 0.1) is 16.9 Å². The quantitative estimate of drug-likeness (QED) is 0.513. The molecule has 0 N–H and O–H groups in total. The van der Waals surface area contributed by atoms with Crippen LogP contribution in [-0.2, 0) is 4.79 Å². The van der Waals surface area contributed by atoms with E-state index in [2.05, 4.69) is 10.2 Å². The van der Waals surface area contributed by atoms with Gasteiger partial charge in [-0.25, -0.2) is 0 Å². The summed E-state index contributed by atoms with van der Waals surface area (Å²) in [6, 6.07) is 15.4. The van der Waals surface area contributed by atoms with Gasteiger partial charge in [0.2, 0.25) is 0 Å². The average molecular weight is 428 g/mol. The topological polar surface area (TPSA) is 57.0 Å². The lowest BCUT2D eigenvalue weighted by atomic mass is 9.99. The van der Waals surface area contributed by atoms with Gasteiger partial charge in [0, 0.05) is 17.7 Å². The molecule has 1 atom stereocenters. The maximum Gasteiger partial charge on any atom is 0.196 e. The molecule has 0 saturated heterocycles. The first kappa shape index (κ1) is 20.0. The molecular weight excluding hydrogens is 406 g/mol. The molecular formula is C22H22ClN3O2S. The Balaban J connectivity index is 1.77. The minimum absolute atomic E-state index is 0.0755. The van der Waals surface area contributed by atoms with Crippen molar-refractivity contribution in [3.05, 3.63) is 53.6 Å². The van der Waals surface area contributed by atoms with Crippen LogP contribution >= 0.6 is 23.4 Å². The predicted octanol–water partition coefficient (Wildman–Crippen LogP) is 5.59. The van der Waals surface area contributed by atoms with Crippen molar-refractivity contribution in [1.29, 1.82) is 0 Å². The Morgan fingerprint density at radius 1 is 1.14 bits per heavy atom. The van der Waals surface area contributed by atoms with E-state index in [9.17, 15) is 4.79 Å². The van der Waals surface area contributed by atoms with Gasteiger partial charge in [-0.3, -0.25) is 9.36 Å². The summed E-state index contributed by atoms with van der Waals surface area (Å²) >= 11 is 7.94. The molecule has 0 spiro atoms. The van der Waals surface area contributed by atoms with E-state index < -0.39 is 0 Å². The molecule has 1 fully saturated rings. The van der Waals surface area contributed by atoms with Crippen LogP contribution in [0, 0.1) is 0 Å². The van der Waals surface area contributed by atoms with Crippen molar-refractivity contribution < 1.29 is 9.53 Å². The maximum absolute atomic E-state index is 12.4. The molecule has 2 aromatic carbocycles. The van der Waals surface area contributed by atoms with Crippen molar-refractivity contribution in [3.63, 3.8) is 0 Å². The number of carbonyl (C=O) groups is 1. The third kappa shape index (κ3) is 4.33. The zero-order chi connectivity index (χ0) is 20.2. The molecule has 29 heavy (non-hydrogen) atoms. The largest absolute Gasteiger partial charge is 0.494 e. The van der Waals surface area contributed by atoms with Gasteiger partial charge in [-0.1, -0.05) is 41.9 Å². The SMILES string of the molecule is CCOc1ccc(-n2c(SC3CCCCC3=O)nnc2-c2ccccc2Cl)cc1. The minimum atomic E-state index is -0.0755. The van der Waals surface area contributed by atoms with Gasteiger partial charge in [-0.05, 0) is 56.2 Å². The molecule has 0 bridgehead atoms. The van der Waals surface area contributed by atoms with Crippen molar-refractivity contribution in [3.8, 4) is 22.8 Å². The standard InChI is InChI=1S/C22H22ClN3O2S/c1-2-28-16-13-11-15(12-14-16)26-21(17-7-3-4-8-18(17)23)24-25-22(26)29-20-10-6-5-9-19(20)27/h3-4,7-8,11-14,20H,2,5-6,9-10H2,1H3. The van der Waals surface area contributed by atoms with Gasteiger partial charge in [0.25, 0.3) is 0 Å². The van der Waals surface area contributed by atoms with E-state index in [1.165, 1.54) is 11.8 Å². The zero-order valence-electron chi connectivity index (χ0n) is 16.2. The average Bonchev–Trinajstić information content (AvgIpc) is 3.14. The Kier molecular flexibility index (Phi) is 6.21. The number of ketones is 1. The van der Waals surface area contributed by atoms with Gasteiger partial charge < -0.3 is 4.74 Å². The van der Waals surface area contributed by atoms with Crippen LogP contribution in [0.2, 0.25) is 5.02 Å². The second kappa shape index (κ2) is 9.01. The Morgan fingerprint density at radius 2 is 1.93 bits per heavy atom. The lowest BCUT2D eigenvalue weighted by molar-refractivity contribution is -0.119. The molecule has 0 amide bonds. The molecule has 1 unspecified atom stereocenters. The number of halogens is 1. The highest BCUT2D eigenvalue weighted by molar-refractivity contribution is 8.00. The van der Waals surface area contributed by atoms with E-state index in [4.69, 9.17) is 16.3 Å². The number of Topliss-reactive ketones (excluding diaryl/α,β-unsaturated/α-hetero) is 1. The highest BCUT2D eigenvalue weighted by atomic mass is 35.5. The van der Waals surface area contributed by atoms with Crippen molar-refractivity contribution in [2.24, 2.45) is 0 Å². The summed E-state index contributed by atoms with van der Waals surface area (Å²) in [6.07, 6.45) is 3.57. The number of ether oxygens (including phenoxy) is 1. The summed E-state index contributed by atoms with van der Waals surface area (Å²) in [5, 5.41) is 10.1. The monoisotopic (exact) mass is 427 g/mol. The van der Waals surface area contributed by atoms with Gasteiger partial charge in [0.15, 0.2) is 11.0 Å². The molecule has 1 heterocycles. The van der Waals surface area contributed by atoms with E-state index in [-0.39, 0.29) is 5.25 Å². The summed E-state index contributed by atoms with van der Waals surface area (Å²) in [4.78, 5) is 12.4. The van der Waals surface area contributed by atoms with Crippen LogP contribution in [0.4, 0.5) is 0 Å². The van der Waals surface area contributed by atoms with E-state index in [0.29, 0.717) is 34.8 Å². The highest BCUT2D eigenvalue weighted by Crippen LogP contribution is 2.36. The molecule has 7 heteroatoms. The number of carbonyl (C=O) groups excluding carboxylic acids is 1. The number of hydrogen-bond acceptors (Lipinski definition) is 5. The fraction of sp³-hybridized carbons (Fsp3) is 0.318. The number of aromatic nitrogens is 3. The summed E-state index contributed by atoms with van der Waals surface area (Å²) in [5.41, 5.74) is 1.71. The van der Waals surface area contributed by atoms with E-state index in [1.807, 2.05) is 60.0 Å². The molecule has 1 aliphatic carbocycles. The van der Waals surface area contributed by atoms with Crippen LogP contribution in [0.15, 0.2) is 53.7 Å². The van der Waals surface area contributed by atoms with Gasteiger partial charge in [-0.15, -0.1) is 10.2 Å². The van der Waals surface area contributed by atoms with Gasteiger partial charge in [0.1, 0.15) is 11.5 Å². The maximum atomic E-state index is 12.4. The summed E-state index contributed by atoms with van der Waals surface area (Å²) in [6.45, 7) is 2.57. The molecule has 5 nitrogen and oxygen atoms in total. The summed E-state index contributed by atoms with van der Waals surface area (Å²) in [5.74, 6) is 1.76. The Hall–Kier alpha value is -2.31. The van der Waals surface area contributed by atoms with Crippen LogP contribution < -0.4 is 4.74 Å². The molecule has 3 aromatic rings. The predicted molar refractivity (Wildman–Crippen MR) is 116 cm³/mol. The third-order valence-corrected chi connectivity index (χ3v) is 6.49. The lowest BCUT2D eigenvalue weighted by Crippen LogP contribution is -2.21. The Labute approximate surface area is 179 Å². The van der Waals surface area contributed by atoms with E-state index >= 15 is 0 Å². The number of thioether (sulfide) groups is 1. The summed E-state index contributed by atoms with van der Waals surface area (Å²) in [7, 11) is 0. The fourth-order valence-corrected chi connectivity index (χ4v) is 4.85. The molecule has 4 rings (SSSR count). The van der Waals surface area contributed by atoms with E-state index in [0.717, 1.165) is 36.3 Å². The van der Waals surface area contributed by atoms with E-state index in [1.54, 1.807) is 0 Å². The number of benzene rings is 2. The first-order valence-corrected chi connectivity index (χ1v) is 11.1. The van der Waals surface area contributed by atoms with Crippen molar-refractivity contribution in [1.82, 2.24) is 14.8 Å². The zero-order valence-corrected chi connectivity index (χ0v) is 17.7.